The van der Waals surface area contributed by atoms with E-state index in [0.717, 1.165) is 30.1 Å². The zero-order chi connectivity index (χ0) is 12.2. The second-order valence-electron chi connectivity index (χ2n) is 7.98. The Labute approximate surface area is 111 Å². The van der Waals surface area contributed by atoms with Crippen molar-refractivity contribution in [1.82, 2.24) is 0 Å². The average molecular weight is 246 g/mol. The monoisotopic (exact) mass is 246 g/mol. The standard InChI is InChI=1S/C17H26O/c18-16(8-12-3-1-2-4-12)17-9-13-5-14(10-17)7-15(6-13)11-17/h12-15H,1-11H2. The molecule has 100 valence electrons. The van der Waals surface area contributed by atoms with Crippen molar-refractivity contribution < 1.29 is 4.79 Å². The van der Waals surface area contributed by atoms with Crippen molar-refractivity contribution in [2.45, 2.75) is 70.6 Å². The molecule has 5 fully saturated rings. The molecule has 0 N–H and O–H groups in total. The molecule has 5 saturated carbocycles. The first-order chi connectivity index (χ1) is 8.73. The van der Waals surface area contributed by atoms with Crippen molar-refractivity contribution >= 4 is 5.78 Å². The highest BCUT2D eigenvalue weighted by Gasteiger charge is 2.54. The van der Waals surface area contributed by atoms with E-state index in [-0.39, 0.29) is 5.41 Å². The van der Waals surface area contributed by atoms with E-state index < -0.39 is 0 Å². The molecule has 18 heavy (non-hydrogen) atoms. The molecule has 0 heterocycles. The summed E-state index contributed by atoms with van der Waals surface area (Å²) in [6, 6.07) is 0. The lowest BCUT2D eigenvalue weighted by Crippen LogP contribution is -2.50. The molecule has 4 bridgehead atoms. The summed E-state index contributed by atoms with van der Waals surface area (Å²) in [7, 11) is 0. The summed E-state index contributed by atoms with van der Waals surface area (Å²) in [6.45, 7) is 0. The first-order valence-electron chi connectivity index (χ1n) is 8.27. The molecular formula is C17H26O. The van der Waals surface area contributed by atoms with Crippen molar-refractivity contribution in [3.05, 3.63) is 0 Å². The summed E-state index contributed by atoms with van der Waals surface area (Å²) in [6.07, 6.45) is 14.5. The highest BCUT2D eigenvalue weighted by Crippen LogP contribution is 2.60. The van der Waals surface area contributed by atoms with Gasteiger partial charge in [-0.15, -0.1) is 0 Å². The minimum atomic E-state index is 0.178. The first-order valence-corrected chi connectivity index (χ1v) is 8.27. The van der Waals surface area contributed by atoms with Crippen molar-refractivity contribution in [2.24, 2.45) is 29.1 Å². The van der Waals surface area contributed by atoms with Crippen LogP contribution in [0.25, 0.3) is 0 Å². The van der Waals surface area contributed by atoms with E-state index in [0.29, 0.717) is 5.78 Å². The second kappa shape index (κ2) is 4.08. The van der Waals surface area contributed by atoms with Gasteiger partial charge in [0, 0.05) is 11.8 Å². The molecule has 0 aliphatic heterocycles. The summed E-state index contributed by atoms with van der Waals surface area (Å²) in [5, 5.41) is 0. The Hall–Kier alpha value is -0.330. The fraction of sp³-hybridized carbons (Fsp3) is 0.941. The Morgan fingerprint density at radius 1 is 0.889 bits per heavy atom. The first kappa shape index (κ1) is 11.5. The van der Waals surface area contributed by atoms with Gasteiger partial charge in [0.05, 0.1) is 0 Å². The highest BCUT2D eigenvalue weighted by atomic mass is 16.1. The normalized spacial score (nSPS) is 46.8. The Kier molecular flexibility index (Phi) is 2.61. The van der Waals surface area contributed by atoms with E-state index in [9.17, 15) is 4.79 Å². The van der Waals surface area contributed by atoms with Crippen LogP contribution in [0.15, 0.2) is 0 Å². The van der Waals surface area contributed by atoms with E-state index in [2.05, 4.69) is 0 Å². The van der Waals surface area contributed by atoms with Gasteiger partial charge in [-0.1, -0.05) is 25.7 Å². The highest BCUT2D eigenvalue weighted by molar-refractivity contribution is 5.85. The third-order valence-electron chi connectivity index (χ3n) is 6.58. The van der Waals surface area contributed by atoms with Crippen LogP contribution in [0.5, 0.6) is 0 Å². The molecule has 0 spiro atoms. The molecule has 5 rings (SSSR count). The number of rotatable bonds is 3. The lowest BCUT2D eigenvalue weighted by Gasteiger charge is -2.56. The van der Waals surface area contributed by atoms with E-state index in [1.165, 1.54) is 64.2 Å². The molecule has 0 atom stereocenters. The molecule has 0 unspecified atom stereocenters. The Balaban J connectivity index is 1.50. The van der Waals surface area contributed by atoms with Crippen molar-refractivity contribution in [1.29, 1.82) is 0 Å². The van der Waals surface area contributed by atoms with Gasteiger partial charge in [-0.25, -0.2) is 0 Å². The van der Waals surface area contributed by atoms with Gasteiger partial charge in [-0.3, -0.25) is 4.79 Å². The van der Waals surface area contributed by atoms with Crippen LogP contribution in [0.2, 0.25) is 0 Å². The largest absolute Gasteiger partial charge is 0.299 e. The molecule has 0 aromatic carbocycles. The maximum atomic E-state index is 12.9. The molecule has 0 aromatic heterocycles. The SMILES string of the molecule is O=C(CC1CCCC1)C12CC3CC(CC(C3)C1)C2. The van der Waals surface area contributed by atoms with Crippen molar-refractivity contribution in [2.75, 3.05) is 0 Å². The molecule has 5 aliphatic carbocycles. The smallest absolute Gasteiger partial charge is 0.139 e. The maximum Gasteiger partial charge on any atom is 0.139 e. The Morgan fingerprint density at radius 2 is 1.39 bits per heavy atom. The molecule has 0 radical (unpaired) electrons. The zero-order valence-corrected chi connectivity index (χ0v) is 11.5. The zero-order valence-electron chi connectivity index (χ0n) is 11.5. The topological polar surface area (TPSA) is 17.1 Å². The minimum absolute atomic E-state index is 0.178. The molecular weight excluding hydrogens is 220 g/mol. The summed E-state index contributed by atoms with van der Waals surface area (Å²) in [5.74, 6) is 4.20. The number of carbonyl (C=O) groups excluding carboxylic acids is 1. The molecule has 5 aliphatic rings. The maximum absolute atomic E-state index is 12.9. The van der Waals surface area contributed by atoms with Gasteiger partial charge in [-0.05, 0) is 62.2 Å². The van der Waals surface area contributed by atoms with Crippen molar-refractivity contribution in [3.8, 4) is 0 Å². The third kappa shape index (κ3) is 1.77. The van der Waals surface area contributed by atoms with Gasteiger partial charge >= 0.3 is 0 Å². The van der Waals surface area contributed by atoms with Gasteiger partial charge in [0.1, 0.15) is 5.78 Å². The van der Waals surface area contributed by atoms with E-state index in [4.69, 9.17) is 0 Å². The van der Waals surface area contributed by atoms with Gasteiger partial charge < -0.3 is 0 Å². The van der Waals surface area contributed by atoms with Crippen LogP contribution in [0.3, 0.4) is 0 Å². The fourth-order valence-electron chi connectivity index (χ4n) is 6.15. The van der Waals surface area contributed by atoms with Crippen LogP contribution >= 0.6 is 0 Å². The third-order valence-corrected chi connectivity index (χ3v) is 6.58. The van der Waals surface area contributed by atoms with E-state index in [1.54, 1.807) is 0 Å². The Bertz CT molecular complexity index is 315. The summed E-state index contributed by atoms with van der Waals surface area (Å²) in [5.41, 5.74) is 0.178. The van der Waals surface area contributed by atoms with Crippen molar-refractivity contribution in [3.63, 3.8) is 0 Å². The molecule has 1 nitrogen and oxygen atoms in total. The van der Waals surface area contributed by atoms with Crippen LogP contribution < -0.4 is 0 Å². The average Bonchev–Trinajstić information content (AvgIpc) is 2.79. The van der Waals surface area contributed by atoms with Gasteiger partial charge in [0.2, 0.25) is 0 Å². The minimum Gasteiger partial charge on any atom is -0.299 e. The summed E-state index contributed by atoms with van der Waals surface area (Å²) < 4.78 is 0. The summed E-state index contributed by atoms with van der Waals surface area (Å²) in [4.78, 5) is 12.9. The fourth-order valence-corrected chi connectivity index (χ4v) is 6.15. The molecule has 0 amide bonds. The van der Waals surface area contributed by atoms with Crippen LogP contribution in [-0.2, 0) is 4.79 Å². The quantitative estimate of drug-likeness (QED) is 0.723. The summed E-state index contributed by atoms with van der Waals surface area (Å²) >= 11 is 0. The van der Waals surface area contributed by atoms with Crippen LogP contribution in [0, 0.1) is 29.1 Å². The van der Waals surface area contributed by atoms with E-state index in [1.807, 2.05) is 0 Å². The van der Waals surface area contributed by atoms with Gasteiger partial charge in [-0.2, -0.15) is 0 Å². The van der Waals surface area contributed by atoms with Crippen LogP contribution in [-0.4, -0.2) is 5.78 Å². The second-order valence-corrected chi connectivity index (χ2v) is 7.98. The van der Waals surface area contributed by atoms with Crippen LogP contribution in [0.1, 0.15) is 70.6 Å². The predicted molar refractivity (Wildman–Crippen MR) is 72.2 cm³/mol. The Morgan fingerprint density at radius 3 is 1.89 bits per heavy atom. The lowest BCUT2D eigenvalue weighted by atomic mass is 9.48. The number of hydrogen-bond donors (Lipinski definition) is 0. The molecule has 0 saturated heterocycles. The number of ketones is 1. The van der Waals surface area contributed by atoms with Gasteiger partial charge in [0.25, 0.3) is 0 Å². The number of Topliss-reactive ketones (excluding diaryl/α,β-unsaturated/α-hetero) is 1. The number of hydrogen-bond acceptors (Lipinski definition) is 1. The number of carbonyl (C=O) groups is 1. The molecule has 1 heteroatoms. The van der Waals surface area contributed by atoms with Crippen LogP contribution in [0.4, 0.5) is 0 Å². The predicted octanol–water partition coefficient (Wildman–Crippen LogP) is 4.35. The van der Waals surface area contributed by atoms with E-state index >= 15 is 0 Å². The molecule has 0 aromatic rings. The lowest BCUT2D eigenvalue weighted by molar-refractivity contribution is -0.144. The van der Waals surface area contributed by atoms with Gasteiger partial charge in [0.15, 0.2) is 0 Å².